The summed E-state index contributed by atoms with van der Waals surface area (Å²) in [7, 11) is 0. The van der Waals surface area contributed by atoms with E-state index in [2.05, 4.69) is 146 Å². The number of furan rings is 1. The van der Waals surface area contributed by atoms with E-state index in [0.717, 1.165) is 77.2 Å². The van der Waals surface area contributed by atoms with Crippen molar-refractivity contribution in [2.45, 2.75) is 0 Å². The van der Waals surface area contributed by atoms with Gasteiger partial charge in [-0.2, -0.15) is 0 Å². The van der Waals surface area contributed by atoms with Crippen molar-refractivity contribution in [3.05, 3.63) is 170 Å². The Morgan fingerprint density at radius 3 is 1.53 bits per heavy atom. The first-order valence-corrected chi connectivity index (χ1v) is 17.7. The summed E-state index contributed by atoms with van der Waals surface area (Å²) in [5.41, 5.74) is 8.70. The number of rotatable bonds is 4. The van der Waals surface area contributed by atoms with E-state index >= 15 is 0 Å². The van der Waals surface area contributed by atoms with Gasteiger partial charge in [-0.1, -0.05) is 146 Å². The Morgan fingerprint density at radius 2 is 0.830 bits per heavy atom. The molecule has 246 valence electrons. The van der Waals surface area contributed by atoms with Crippen molar-refractivity contribution in [1.29, 1.82) is 0 Å². The molecule has 0 aliphatic rings. The number of hydrogen-bond donors (Lipinski definition) is 0. The summed E-state index contributed by atoms with van der Waals surface area (Å²) in [4.78, 5) is 20.6. The monoisotopic (exact) mass is 676 g/mol. The highest BCUT2D eigenvalue weighted by atomic mass is 16.3. The lowest BCUT2D eigenvalue weighted by molar-refractivity contribution is 0.671. The number of aromatic nitrogens is 4. The third-order valence-corrected chi connectivity index (χ3v) is 10.3. The van der Waals surface area contributed by atoms with E-state index < -0.39 is 0 Å². The van der Waals surface area contributed by atoms with Gasteiger partial charge in [0.1, 0.15) is 16.8 Å². The number of fused-ring (bicyclic) bond motifs is 8. The van der Waals surface area contributed by atoms with Crippen LogP contribution in [0.25, 0.3) is 111 Å². The summed E-state index contributed by atoms with van der Waals surface area (Å²) in [6.45, 7) is 0. The molecule has 0 amide bonds. The molecule has 0 radical (unpaired) electrons. The number of para-hydroxylation sites is 1. The lowest BCUT2D eigenvalue weighted by atomic mass is 10.0. The molecular formula is C48H28N4O. The van der Waals surface area contributed by atoms with Crippen molar-refractivity contribution in [1.82, 2.24) is 19.9 Å². The third kappa shape index (κ3) is 4.86. The van der Waals surface area contributed by atoms with Crippen LogP contribution in [0.4, 0.5) is 0 Å². The van der Waals surface area contributed by atoms with E-state index in [4.69, 9.17) is 24.4 Å². The summed E-state index contributed by atoms with van der Waals surface area (Å²) < 4.78 is 6.70. The molecular weight excluding hydrogens is 649 g/mol. The van der Waals surface area contributed by atoms with Crippen LogP contribution in [0.1, 0.15) is 0 Å². The Hall–Kier alpha value is -7.24. The van der Waals surface area contributed by atoms with Gasteiger partial charge in [0.2, 0.25) is 0 Å². The van der Waals surface area contributed by atoms with Crippen LogP contribution in [0.2, 0.25) is 0 Å². The number of benzene rings is 8. The van der Waals surface area contributed by atoms with Crippen molar-refractivity contribution < 1.29 is 4.42 Å². The second-order valence-electron chi connectivity index (χ2n) is 13.5. The Bertz CT molecular complexity index is 3240. The molecule has 5 nitrogen and oxygen atoms in total. The lowest BCUT2D eigenvalue weighted by Gasteiger charge is -2.11. The molecule has 8 aromatic carbocycles. The van der Waals surface area contributed by atoms with Gasteiger partial charge in [0.05, 0.1) is 11.2 Å². The summed E-state index contributed by atoms with van der Waals surface area (Å²) >= 11 is 0. The van der Waals surface area contributed by atoms with E-state index in [1.54, 1.807) is 0 Å². The average Bonchev–Trinajstić information content (AvgIpc) is 3.62. The Morgan fingerprint density at radius 1 is 0.321 bits per heavy atom. The van der Waals surface area contributed by atoms with E-state index in [1.807, 2.05) is 24.3 Å². The highest BCUT2D eigenvalue weighted by Crippen LogP contribution is 2.39. The first kappa shape index (κ1) is 29.5. The van der Waals surface area contributed by atoms with Gasteiger partial charge in [-0.05, 0) is 51.2 Å². The molecule has 0 saturated carbocycles. The predicted octanol–water partition coefficient (Wildman–Crippen LogP) is 12.4. The SMILES string of the molecule is c1ccc2cc(-c3nc(-c4ccc(-c5nc(-c6ccc7ccccc7c6)c6oc7c8ccccc8ccc7c6n5)cc4)nc4ccccc34)ccc2c1. The highest BCUT2D eigenvalue weighted by Gasteiger charge is 2.20. The van der Waals surface area contributed by atoms with Crippen molar-refractivity contribution in [3.8, 4) is 45.3 Å². The molecule has 3 heterocycles. The molecule has 5 heteroatoms. The molecule has 0 saturated heterocycles. The maximum Gasteiger partial charge on any atom is 0.180 e. The summed E-state index contributed by atoms with van der Waals surface area (Å²) in [6.07, 6.45) is 0. The van der Waals surface area contributed by atoms with Crippen molar-refractivity contribution >= 4 is 65.3 Å². The lowest BCUT2D eigenvalue weighted by Crippen LogP contribution is -1.96. The molecule has 3 aromatic heterocycles. The van der Waals surface area contributed by atoms with Gasteiger partial charge in [-0.15, -0.1) is 0 Å². The van der Waals surface area contributed by atoms with Gasteiger partial charge in [-0.3, -0.25) is 0 Å². The second-order valence-corrected chi connectivity index (χ2v) is 13.5. The van der Waals surface area contributed by atoms with Gasteiger partial charge in [0, 0.05) is 38.4 Å². The zero-order valence-corrected chi connectivity index (χ0v) is 28.4. The number of nitrogens with zero attached hydrogens (tertiary/aromatic N) is 4. The fourth-order valence-corrected chi connectivity index (χ4v) is 7.56. The maximum atomic E-state index is 6.70. The first-order chi connectivity index (χ1) is 26.2. The molecule has 11 aromatic rings. The average molecular weight is 677 g/mol. The molecule has 0 atom stereocenters. The summed E-state index contributed by atoms with van der Waals surface area (Å²) in [5.74, 6) is 1.29. The fourth-order valence-electron chi connectivity index (χ4n) is 7.56. The molecule has 11 rings (SSSR count). The van der Waals surface area contributed by atoms with E-state index in [-0.39, 0.29) is 0 Å². The fraction of sp³-hybridized carbons (Fsp3) is 0. The summed E-state index contributed by atoms with van der Waals surface area (Å²) in [6, 6.07) is 58.7. The smallest absolute Gasteiger partial charge is 0.180 e. The van der Waals surface area contributed by atoms with Gasteiger partial charge in [-0.25, -0.2) is 19.9 Å². The molecule has 53 heavy (non-hydrogen) atoms. The van der Waals surface area contributed by atoms with Crippen LogP contribution < -0.4 is 0 Å². The normalized spacial score (nSPS) is 11.8. The molecule has 0 unspecified atom stereocenters. The Labute approximate surface area is 303 Å². The van der Waals surface area contributed by atoms with Crippen molar-refractivity contribution in [2.24, 2.45) is 0 Å². The van der Waals surface area contributed by atoms with Gasteiger partial charge in [0.15, 0.2) is 17.2 Å². The van der Waals surface area contributed by atoms with Crippen molar-refractivity contribution in [2.75, 3.05) is 0 Å². The predicted molar refractivity (Wildman–Crippen MR) is 217 cm³/mol. The van der Waals surface area contributed by atoms with Crippen LogP contribution >= 0.6 is 0 Å². The van der Waals surface area contributed by atoms with E-state index in [1.165, 1.54) is 16.2 Å². The van der Waals surface area contributed by atoms with Crippen LogP contribution in [0, 0.1) is 0 Å². The minimum absolute atomic E-state index is 0.624. The molecule has 0 fully saturated rings. The topological polar surface area (TPSA) is 64.7 Å². The van der Waals surface area contributed by atoms with Gasteiger partial charge in [0.25, 0.3) is 0 Å². The quantitative estimate of drug-likeness (QED) is 0.186. The standard InChI is InChI=1S/C48H28N4O/c1-3-12-34-27-36(23-17-29(34)9-1)42-39-15-7-8-16-41(39)49-47(50-42)32-19-21-33(22-20-32)48-51-43(37-24-18-30-10-2-4-13-35(30)28-37)46-44(52-48)40-26-25-31-11-5-6-14-38(31)45(40)53-46/h1-28H. The van der Waals surface area contributed by atoms with Gasteiger partial charge < -0.3 is 4.42 Å². The molecule has 0 N–H and O–H groups in total. The summed E-state index contributed by atoms with van der Waals surface area (Å²) in [5, 5.41) is 8.85. The molecule has 0 aliphatic heterocycles. The molecule has 0 spiro atoms. The Kier molecular flexibility index (Phi) is 6.48. The molecule has 0 bridgehead atoms. The molecule has 0 aliphatic carbocycles. The minimum atomic E-state index is 0.624. The maximum absolute atomic E-state index is 6.70. The van der Waals surface area contributed by atoms with Crippen LogP contribution in [-0.2, 0) is 0 Å². The van der Waals surface area contributed by atoms with Crippen LogP contribution in [0.15, 0.2) is 174 Å². The van der Waals surface area contributed by atoms with Crippen LogP contribution in [-0.4, -0.2) is 19.9 Å². The Balaban J connectivity index is 1.07. The van der Waals surface area contributed by atoms with E-state index in [9.17, 15) is 0 Å². The van der Waals surface area contributed by atoms with Crippen LogP contribution in [0.5, 0.6) is 0 Å². The first-order valence-electron chi connectivity index (χ1n) is 17.7. The number of hydrogen-bond acceptors (Lipinski definition) is 5. The highest BCUT2D eigenvalue weighted by molar-refractivity contribution is 6.16. The largest absolute Gasteiger partial charge is 0.451 e. The van der Waals surface area contributed by atoms with Crippen molar-refractivity contribution in [3.63, 3.8) is 0 Å². The second kappa shape index (κ2) is 11.7. The zero-order chi connectivity index (χ0) is 34.9. The minimum Gasteiger partial charge on any atom is -0.451 e. The van der Waals surface area contributed by atoms with Crippen LogP contribution in [0.3, 0.4) is 0 Å². The van der Waals surface area contributed by atoms with E-state index in [0.29, 0.717) is 17.2 Å². The third-order valence-electron chi connectivity index (χ3n) is 10.3. The van der Waals surface area contributed by atoms with Gasteiger partial charge >= 0.3 is 0 Å². The zero-order valence-electron chi connectivity index (χ0n) is 28.4.